The van der Waals surface area contributed by atoms with E-state index in [9.17, 15) is 0 Å². The van der Waals surface area contributed by atoms with E-state index in [1.54, 1.807) is 7.11 Å². The summed E-state index contributed by atoms with van der Waals surface area (Å²) < 4.78 is 11.0. The summed E-state index contributed by atoms with van der Waals surface area (Å²) in [7, 11) is 5.88. The van der Waals surface area contributed by atoms with E-state index >= 15 is 0 Å². The van der Waals surface area contributed by atoms with E-state index < -0.39 is 0 Å². The van der Waals surface area contributed by atoms with Crippen molar-refractivity contribution in [2.24, 2.45) is 0 Å². The Morgan fingerprint density at radius 1 is 1.19 bits per heavy atom. The van der Waals surface area contributed by atoms with Crippen molar-refractivity contribution in [2.75, 3.05) is 47.5 Å². The molecule has 1 saturated carbocycles. The van der Waals surface area contributed by atoms with Crippen LogP contribution in [-0.4, -0.2) is 58.5 Å². The average molecular weight is 292 g/mol. The van der Waals surface area contributed by atoms with E-state index in [4.69, 9.17) is 9.47 Å². The maximum Gasteiger partial charge on any atom is 0.122 e. The molecule has 1 N–H and O–H groups in total. The first kappa shape index (κ1) is 16.3. The van der Waals surface area contributed by atoms with Gasteiger partial charge in [0.05, 0.1) is 20.3 Å². The van der Waals surface area contributed by atoms with E-state index in [2.05, 4.69) is 42.5 Å². The molecule has 0 atom stereocenters. The van der Waals surface area contributed by atoms with Gasteiger partial charge in [-0.15, -0.1) is 0 Å². The quantitative estimate of drug-likeness (QED) is 0.707. The molecule has 0 heterocycles. The van der Waals surface area contributed by atoms with Crippen LogP contribution < -0.4 is 10.1 Å². The summed E-state index contributed by atoms with van der Waals surface area (Å²) in [4.78, 5) is 2.14. The van der Waals surface area contributed by atoms with Crippen LogP contribution in [0.3, 0.4) is 0 Å². The first-order valence-corrected chi connectivity index (χ1v) is 7.79. The SMILES string of the molecule is COc1ccccc1C1CC(NCCOCCN(C)C)C1. The highest BCUT2D eigenvalue weighted by Crippen LogP contribution is 2.40. The van der Waals surface area contributed by atoms with E-state index in [-0.39, 0.29) is 0 Å². The zero-order valence-corrected chi connectivity index (χ0v) is 13.5. The summed E-state index contributed by atoms with van der Waals surface area (Å²) in [6, 6.07) is 8.98. The molecular formula is C17H28N2O2. The number of hydrogen-bond acceptors (Lipinski definition) is 4. The van der Waals surface area contributed by atoms with Crippen LogP contribution in [0.15, 0.2) is 24.3 Å². The molecule has 0 unspecified atom stereocenters. The van der Waals surface area contributed by atoms with Gasteiger partial charge in [-0.1, -0.05) is 18.2 Å². The third-order valence-corrected chi connectivity index (χ3v) is 4.08. The van der Waals surface area contributed by atoms with Gasteiger partial charge in [0, 0.05) is 19.1 Å². The van der Waals surface area contributed by atoms with E-state index in [1.807, 2.05) is 6.07 Å². The number of likely N-dealkylation sites (N-methyl/N-ethyl adjacent to an activating group) is 1. The number of nitrogens with zero attached hydrogens (tertiary/aromatic N) is 1. The summed E-state index contributed by atoms with van der Waals surface area (Å²) in [5.74, 6) is 1.65. The molecule has 0 aromatic heterocycles. The number of para-hydroxylation sites is 1. The van der Waals surface area contributed by atoms with Gasteiger partial charge in [0.2, 0.25) is 0 Å². The fourth-order valence-electron chi connectivity index (χ4n) is 2.73. The molecule has 1 fully saturated rings. The minimum Gasteiger partial charge on any atom is -0.496 e. The van der Waals surface area contributed by atoms with Gasteiger partial charge in [-0.25, -0.2) is 0 Å². The summed E-state index contributed by atoms with van der Waals surface area (Å²) in [5, 5.41) is 3.57. The molecule has 0 amide bonds. The number of ether oxygens (including phenoxy) is 2. The molecule has 0 bridgehead atoms. The summed E-state index contributed by atoms with van der Waals surface area (Å²) in [5.41, 5.74) is 1.35. The van der Waals surface area contributed by atoms with Gasteiger partial charge in [-0.3, -0.25) is 0 Å². The Bertz CT molecular complexity index is 417. The molecule has 0 aliphatic heterocycles. The van der Waals surface area contributed by atoms with Gasteiger partial charge in [0.15, 0.2) is 0 Å². The monoisotopic (exact) mass is 292 g/mol. The Kier molecular flexibility index (Phi) is 6.49. The second-order valence-corrected chi connectivity index (χ2v) is 5.98. The number of rotatable bonds is 9. The highest BCUT2D eigenvalue weighted by Gasteiger charge is 2.31. The van der Waals surface area contributed by atoms with E-state index in [0.717, 1.165) is 32.1 Å². The molecule has 1 aliphatic carbocycles. The molecule has 0 saturated heterocycles. The van der Waals surface area contributed by atoms with Gasteiger partial charge in [-0.05, 0) is 44.5 Å². The molecule has 118 valence electrons. The molecule has 1 aromatic carbocycles. The molecule has 2 rings (SSSR count). The molecule has 4 heteroatoms. The second kappa shape index (κ2) is 8.37. The Hall–Kier alpha value is -1.10. The topological polar surface area (TPSA) is 33.7 Å². The average Bonchev–Trinajstić information content (AvgIpc) is 2.44. The normalized spacial score (nSPS) is 21.3. The van der Waals surface area contributed by atoms with Gasteiger partial charge in [-0.2, -0.15) is 0 Å². The van der Waals surface area contributed by atoms with Crippen LogP contribution in [-0.2, 0) is 4.74 Å². The molecule has 1 aromatic rings. The minimum atomic E-state index is 0.623. The van der Waals surface area contributed by atoms with Gasteiger partial charge in [0.1, 0.15) is 5.75 Å². The molecule has 1 aliphatic rings. The lowest BCUT2D eigenvalue weighted by atomic mass is 9.75. The van der Waals surface area contributed by atoms with Gasteiger partial charge in [0.25, 0.3) is 0 Å². The van der Waals surface area contributed by atoms with Crippen molar-refractivity contribution < 1.29 is 9.47 Å². The number of hydrogen-bond donors (Lipinski definition) is 1. The standard InChI is InChI=1S/C17H28N2O2/c1-19(2)9-11-21-10-8-18-15-12-14(13-15)16-6-4-5-7-17(16)20-3/h4-7,14-15,18H,8-13H2,1-3H3. The van der Waals surface area contributed by atoms with Crippen molar-refractivity contribution in [2.45, 2.75) is 24.8 Å². The lowest BCUT2D eigenvalue weighted by molar-refractivity contribution is 0.113. The highest BCUT2D eigenvalue weighted by molar-refractivity contribution is 5.37. The van der Waals surface area contributed by atoms with Crippen LogP contribution >= 0.6 is 0 Å². The first-order chi connectivity index (χ1) is 10.2. The third kappa shape index (κ3) is 4.99. The van der Waals surface area contributed by atoms with E-state index in [1.165, 1.54) is 18.4 Å². The summed E-state index contributed by atoms with van der Waals surface area (Å²) in [6.07, 6.45) is 2.39. The lowest BCUT2D eigenvalue weighted by Crippen LogP contribution is -2.41. The predicted molar refractivity (Wildman–Crippen MR) is 86.1 cm³/mol. The summed E-state index contributed by atoms with van der Waals surface area (Å²) >= 11 is 0. The Morgan fingerprint density at radius 3 is 2.67 bits per heavy atom. The number of benzene rings is 1. The molecule has 0 radical (unpaired) electrons. The fraction of sp³-hybridized carbons (Fsp3) is 0.647. The predicted octanol–water partition coefficient (Wildman–Crippen LogP) is 2.11. The maximum atomic E-state index is 5.59. The molecule has 21 heavy (non-hydrogen) atoms. The first-order valence-electron chi connectivity index (χ1n) is 7.79. The van der Waals surface area contributed by atoms with Crippen molar-refractivity contribution in [3.05, 3.63) is 29.8 Å². The lowest BCUT2D eigenvalue weighted by Gasteiger charge is -2.37. The number of methoxy groups -OCH3 is 1. The van der Waals surface area contributed by atoms with Gasteiger partial charge >= 0.3 is 0 Å². The van der Waals surface area contributed by atoms with Crippen molar-refractivity contribution >= 4 is 0 Å². The maximum absolute atomic E-state index is 5.59. The minimum absolute atomic E-state index is 0.623. The van der Waals surface area contributed by atoms with Crippen molar-refractivity contribution in [3.8, 4) is 5.75 Å². The Balaban J connectivity index is 1.59. The van der Waals surface area contributed by atoms with Crippen LogP contribution in [0.25, 0.3) is 0 Å². The Labute approximate surface area is 128 Å². The second-order valence-electron chi connectivity index (χ2n) is 5.98. The fourth-order valence-corrected chi connectivity index (χ4v) is 2.73. The van der Waals surface area contributed by atoms with Gasteiger partial charge < -0.3 is 19.7 Å². The zero-order chi connectivity index (χ0) is 15.1. The van der Waals surface area contributed by atoms with Crippen LogP contribution in [0.1, 0.15) is 24.3 Å². The largest absolute Gasteiger partial charge is 0.496 e. The Morgan fingerprint density at radius 2 is 1.95 bits per heavy atom. The third-order valence-electron chi connectivity index (χ3n) is 4.08. The number of nitrogens with one attached hydrogen (secondary N) is 1. The van der Waals surface area contributed by atoms with Crippen molar-refractivity contribution in [1.29, 1.82) is 0 Å². The smallest absolute Gasteiger partial charge is 0.122 e. The van der Waals surface area contributed by atoms with Crippen LogP contribution in [0.2, 0.25) is 0 Å². The van der Waals surface area contributed by atoms with Crippen LogP contribution in [0.4, 0.5) is 0 Å². The molecule has 4 nitrogen and oxygen atoms in total. The summed E-state index contributed by atoms with van der Waals surface area (Å²) in [6.45, 7) is 3.53. The zero-order valence-electron chi connectivity index (χ0n) is 13.5. The molecule has 0 spiro atoms. The molecular weight excluding hydrogens is 264 g/mol. The van der Waals surface area contributed by atoms with E-state index in [0.29, 0.717) is 12.0 Å². The van der Waals surface area contributed by atoms with Crippen molar-refractivity contribution in [1.82, 2.24) is 10.2 Å². The van der Waals surface area contributed by atoms with Crippen molar-refractivity contribution in [3.63, 3.8) is 0 Å². The van der Waals surface area contributed by atoms with Crippen LogP contribution in [0.5, 0.6) is 5.75 Å². The highest BCUT2D eigenvalue weighted by atomic mass is 16.5. The van der Waals surface area contributed by atoms with Crippen LogP contribution in [0, 0.1) is 0 Å².